The third kappa shape index (κ3) is 5.28. The van der Waals surface area contributed by atoms with Crippen molar-refractivity contribution in [3.8, 4) is 0 Å². The van der Waals surface area contributed by atoms with Crippen LogP contribution in [0.5, 0.6) is 0 Å². The van der Waals surface area contributed by atoms with Gasteiger partial charge in [0.1, 0.15) is 11.6 Å². The van der Waals surface area contributed by atoms with E-state index in [2.05, 4.69) is 10.6 Å². The number of nitrogens with one attached hydrogen (secondary N) is 2. The van der Waals surface area contributed by atoms with Gasteiger partial charge in [-0.2, -0.15) is 4.31 Å². The van der Waals surface area contributed by atoms with Gasteiger partial charge in [0.25, 0.3) is 0 Å². The minimum Gasteiger partial charge on any atom is -0.335 e. The van der Waals surface area contributed by atoms with E-state index in [1.54, 1.807) is 4.90 Å². The number of imide groups is 1. The van der Waals surface area contributed by atoms with Crippen molar-refractivity contribution >= 4 is 22.0 Å². The first-order valence-corrected chi connectivity index (χ1v) is 11.0. The lowest BCUT2D eigenvalue weighted by Gasteiger charge is -2.33. The van der Waals surface area contributed by atoms with Crippen molar-refractivity contribution in [3.05, 3.63) is 29.8 Å². The first-order valence-electron chi connectivity index (χ1n) is 9.54. The van der Waals surface area contributed by atoms with E-state index in [1.807, 2.05) is 0 Å². The number of carbonyl (C=O) groups is 2. The number of urea groups is 1. The van der Waals surface area contributed by atoms with Crippen molar-refractivity contribution < 1.29 is 26.8 Å². The molecule has 1 saturated carbocycles. The average molecular weight is 430 g/mol. The maximum absolute atomic E-state index is 13.9. The molecule has 1 heterocycles. The number of hydrogen-bond acceptors (Lipinski definition) is 5. The molecule has 2 aliphatic rings. The van der Waals surface area contributed by atoms with Gasteiger partial charge in [-0.05, 0) is 25.0 Å². The van der Waals surface area contributed by atoms with E-state index in [1.165, 1.54) is 0 Å². The van der Waals surface area contributed by atoms with Gasteiger partial charge in [-0.3, -0.25) is 15.0 Å². The Balaban J connectivity index is 1.50. The second kappa shape index (κ2) is 9.14. The van der Waals surface area contributed by atoms with Crippen LogP contribution in [-0.2, 0) is 14.8 Å². The lowest BCUT2D eigenvalue weighted by Crippen LogP contribution is -2.52. The smallest absolute Gasteiger partial charge is 0.321 e. The zero-order valence-electron chi connectivity index (χ0n) is 15.9. The SMILES string of the molecule is O=C(CN1CCN(S(=O)(=O)c2c(F)cccc2F)CC1)NC(=O)NC1CCCC1. The Morgan fingerprint density at radius 2 is 1.62 bits per heavy atom. The van der Waals surface area contributed by atoms with Gasteiger partial charge in [0.05, 0.1) is 6.54 Å². The van der Waals surface area contributed by atoms with Crippen molar-refractivity contribution in [2.24, 2.45) is 0 Å². The predicted molar refractivity (Wildman–Crippen MR) is 100 cm³/mol. The van der Waals surface area contributed by atoms with Gasteiger partial charge in [-0.25, -0.2) is 22.0 Å². The molecule has 0 unspecified atom stereocenters. The molecule has 0 radical (unpaired) electrons. The van der Waals surface area contributed by atoms with E-state index >= 15 is 0 Å². The van der Waals surface area contributed by atoms with E-state index in [9.17, 15) is 26.8 Å². The van der Waals surface area contributed by atoms with Crippen molar-refractivity contribution in [2.45, 2.75) is 36.6 Å². The summed E-state index contributed by atoms with van der Waals surface area (Å²) < 4.78 is 53.9. The fraction of sp³-hybridized carbons (Fsp3) is 0.556. The molecule has 160 valence electrons. The fourth-order valence-corrected chi connectivity index (χ4v) is 5.18. The number of piperazine rings is 1. The molecule has 0 bridgehead atoms. The second-order valence-corrected chi connectivity index (χ2v) is 9.11. The summed E-state index contributed by atoms with van der Waals surface area (Å²) in [5.74, 6) is -2.77. The highest BCUT2D eigenvalue weighted by atomic mass is 32.2. The van der Waals surface area contributed by atoms with Crippen LogP contribution < -0.4 is 10.6 Å². The van der Waals surface area contributed by atoms with Crippen LogP contribution in [0.25, 0.3) is 0 Å². The van der Waals surface area contributed by atoms with Crippen molar-refractivity contribution in [2.75, 3.05) is 32.7 Å². The highest BCUT2D eigenvalue weighted by Crippen LogP contribution is 2.23. The Kier molecular flexibility index (Phi) is 6.81. The molecule has 1 aliphatic heterocycles. The average Bonchev–Trinajstić information content (AvgIpc) is 3.14. The summed E-state index contributed by atoms with van der Waals surface area (Å²) in [6.07, 6.45) is 3.92. The molecule has 8 nitrogen and oxygen atoms in total. The molecule has 29 heavy (non-hydrogen) atoms. The van der Waals surface area contributed by atoms with Gasteiger partial charge in [0, 0.05) is 32.2 Å². The summed E-state index contributed by atoms with van der Waals surface area (Å²) >= 11 is 0. The van der Waals surface area contributed by atoms with Crippen molar-refractivity contribution in [3.63, 3.8) is 0 Å². The number of amides is 3. The highest BCUT2D eigenvalue weighted by molar-refractivity contribution is 7.89. The van der Waals surface area contributed by atoms with Crippen LogP contribution in [0.1, 0.15) is 25.7 Å². The third-order valence-electron chi connectivity index (χ3n) is 5.16. The Morgan fingerprint density at radius 3 is 2.21 bits per heavy atom. The molecule has 0 aromatic heterocycles. The van der Waals surface area contributed by atoms with Gasteiger partial charge in [0.15, 0.2) is 4.90 Å². The van der Waals surface area contributed by atoms with E-state index in [-0.39, 0.29) is 38.8 Å². The van der Waals surface area contributed by atoms with Crippen LogP contribution in [0.2, 0.25) is 0 Å². The maximum Gasteiger partial charge on any atom is 0.321 e. The minimum atomic E-state index is -4.32. The van der Waals surface area contributed by atoms with Crippen LogP contribution in [0, 0.1) is 11.6 Å². The molecular weight excluding hydrogens is 406 g/mol. The Labute approximate surface area is 168 Å². The molecule has 3 amide bonds. The number of carbonyl (C=O) groups excluding carboxylic acids is 2. The lowest BCUT2D eigenvalue weighted by atomic mass is 10.2. The number of hydrogen-bond donors (Lipinski definition) is 2. The Bertz CT molecular complexity index is 846. The standard InChI is InChI=1S/C18H24F2N4O4S/c19-14-6-3-7-15(20)17(14)29(27,28)24-10-8-23(9-11-24)12-16(25)22-18(26)21-13-4-1-2-5-13/h3,6-7,13H,1-2,4-5,8-12H2,(H2,21,22,25,26). The summed E-state index contributed by atoms with van der Waals surface area (Å²) in [6.45, 7) is 0.301. The van der Waals surface area contributed by atoms with Gasteiger partial charge < -0.3 is 5.32 Å². The monoisotopic (exact) mass is 430 g/mol. The van der Waals surface area contributed by atoms with Crippen LogP contribution in [0.15, 0.2) is 23.1 Å². The minimum absolute atomic E-state index is 0.0162. The third-order valence-corrected chi connectivity index (χ3v) is 7.11. The number of sulfonamides is 1. The summed E-state index contributed by atoms with van der Waals surface area (Å²) in [5.41, 5.74) is 0. The molecule has 11 heteroatoms. The molecule has 1 aliphatic carbocycles. The lowest BCUT2D eigenvalue weighted by molar-refractivity contribution is -0.121. The summed E-state index contributed by atoms with van der Waals surface area (Å²) in [7, 11) is -4.32. The summed E-state index contributed by atoms with van der Waals surface area (Å²) in [4.78, 5) is 24.6. The summed E-state index contributed by atoms with van der Waals surface area (Å²) in [5, 5.41) is 5.03. The molecule has 1 aromatic carbocycles. The van der Waals surface area contributed by atoms with Crippen LogP contribution in [0.3, 0.4) is 0 Å². The van der Waals surface area contributed by atoms with Crippen LogP contribution in [0.4, 0.5) is 13.6 Å². The quantitative estimate of drug-likeness (QED) is 0.727. The fourth-order valence-electron chi connectivity index (χ4n) is 3.65. The first kappa shape index (κ1) is 21.6. The largest absolute Gasteiger partial charge is 0.335 e. The Hall–Kier alpha value is -2.11. The maximum atomic E-state index is 13.9. The summed E-state index contributed by atoms with van der Waals surface area (Å²) in [6, 6.07) is 2.46. The molecular formula is C18H24F2N4O4S. The number of halogens is 2. The first-order chi connectivity index (χ1) is 13.8. The zero-order chi connectivity index (χ0) is 21.0. The molecule has 0 atom stereocenters. The van der Waals surface area contributed by atoms with E-state index in [4.69, 9.17) is 0 Å². The molecule has 1 saturated heterocycles. The van der Waals surface area contributed by atoms with E-state index in [0.29, 0.717) is 0 Å². The van der Waals surface area contributed by atoms with Gasteiger partial charge in [-0.1, -0.05) is 18.9 Å². The van der Waals surface area contributed by atoms with Crippen molar-refractivity contribution in [1.82, 2.24) is 19.8 Å². The van der Waals surface area contributed by atoms with E-state index < -0.39 is 38.5 Å². The van der Waals surface area contributed by atoms with Crippen LogP contribution in [-0.4, -0.2) is 68.3 Å². The van der Waals surface area contributed by atoms with Gasteiger partial charge >= 0.3 is 6.03 Å². The second-order valence-electron chi connectivity index (χ2n) is 7.23. The Morgan fingerprint density at radius 1 is 1.03 bits per heavy atom. The number of benzene rings is 1. The zero-order valence-corrected chi connectivity index (χ0v) is 16.7. The number of nitrogens with zero attached hydrogens (tertiary/aromatic N) is 2. The van der Waals surface area contributed by atoms with E-state index in [0.717, 1.165) is 48.2 Å². The van der Waals surface area contributed by atoms with Gasteiger partial charge in [-0.15, -0.1) is 0 Å². The molecule has 2 fully saturated rings. The molecule has 0 spiro atoms. The van der Waals surface area contributed by atoms with Crippen LogP contribution >= 0.6 is 0 Å². The predicted octanol–water partition coefficient (Wildman–Crippen LogP) is 1.04. The number of rotatable bonds is 5. The van der Waals surface area contributed by atoms with Gasteiger partial charge in [0.2, 0.25) is 15.9 Å². The normalized spacial score (nSPS) is 19.2. The molecule has 3 rings (SSSR count). The van der Waals surface area contributed by atoms with Crippen molar-refractivity contribution in [1.29, 1.82) is 0 Å². The topological polar surface area (TPSA) is 98.8 Å². The molecule has 1 aromatic rings. The molecule has 2 N–H and O–H groups in total. The highest BCUT2D eigenvalue weighted by Gasteiger charge is 2.33.